The summed E-state index contributed by atoms with van der Waals surface area (Å²) in [6.07, 6.45) is 1.92. The number of hydrogen-bond donors (Lipinski definition) is 0. The summed E-state index contributed by atoms with van der Waals surface area (Å²) in [6.45, 7) is 4.42. The fraction of sp³-hybridized carbons (Fsp3) is 0.360. The van der Waals surface area contributed by atoms with Gasteiger partial charge in [-0.15, -0.1) is 0 Å². The largest absolute Gasteiger partial charge is 0.451 e. The number of hydrogen-bond acceptors (Lipinski definition) is 5. The predicted molar refractivity (Wildman–Crippen MR) is 122 cm³/mol. The molecule has 2 aliphatic heterocycles. The highest BCUT2D eigenvalue weighted by atomic mass is 19.1. The molecule has 0 aliphatic carbocycles. The molecule has 6 nitrogen and oxygen atoms in total. The second-order valence-corrected chi connectivity index (χ2v) is 8.49. The van der Waals surface area contributed by atoms with Gasteiger partial charge in [0, 0.05) is 51.4 Å². The van der Waals surface area contributed by atoms with Crippen molar-refractivity contribution in [2.45, 2.75) is 18.9 Å². The smallest absolute Gasteiger partial charge is 0.289 e. The summed E-state index contributed by atoms with van der Waals surface area (Å²) in [7, 11) is 0. The monoisotopic (exact) mass is 435 g/mol. The minimum Gasteiger partial charge on any atom is -0.451 e. The molecule has 1 amide bonds. The Morgan fingerprint density at radius 1 is 0.969 bits per heavy atom. The molecule has 0 spiro atoms. The zero-order valence-corrected chi connectivity index (χ0v) is 17.9. The van der Waals surface area contributed by atoms with Crippen LogP contribution < -0.4 is 10.3 Å². The average Bonchev–Trinajstić information content (AvgIpc) is 2.84. The molecule has 0 bridgehead atoms. The van der Waals surface area contributed by atoms with Crippen molar-refractivity contribution in [3.63, 3.8) is 0 Å². The van der Waals surface area contributed by atoms with Crippen LogP contribution in [0.4, 0.5) is 10.1 Å². The van der Waals surface area contributed by atoms with Crippen LogP contribution >= 0.6 is 0 Å². The summed E-state index contributed by atoms with van der Waals surface area (Å²) in [5.74, 6) is -0.325. The standard InChI is InChI=1S/C25H26FN3O3/c26-20-8-2-3-9-21(20)28-14-12-27(13-15-28)18-6-5-11-29(17-18)25(31)24-16-22(30)19-7-1-4-10-23(19)32-24/h1-4,7-10,16,18H,5-6,11-15,17H2. The lowest BCUT2D eigenvalue weighted by atomic mass is 10.0. The number of anilines is 1. The van der Waals surface area contributed by atoms with E-state index in [0.29, 0.717) is 29.7 Å². The van der Waals surface area contributed by atoms with Crippen molar-refractivity contribution >= 4 is 22.6 Å². The van der Waals surface area contributed by atoms with Gasteiger partial charge >= 0.3 is 0 Å². The normalized spacial score (nSPS) is 20.0. The number of para-hydroxylation sites is 2. The highest BCUT2D eigenvalue weighted by Crippen LogP contribution is 2.24. The molecule has 5 rings (SSSR count). The molecule has 2 aliphatic rings. The fourth-order valence-electron chi connectivity index (χ4n) is 4.84. The first-order valence-corrected chi connectivity index (χ1v) is 11.2. The van der Waals surface area contributed by atoms with Crippen LogP contribution in [-0.2, 0) is 0 Å². The first kappa shape index (κ1) is 20.7. The number of carbonyl (C=O) groups excluding carboxylic acids is 1. The molecule has 7 heteroatoms. The topological polar surface area (TPSA) is 57.0 Å². The van der Waals surface area contributed by atoms with E-state index >= 15 is 0 Å². The summed E-state index contributed by atoms with van der Waals surface area (Å²) in [6, 6.07) is 15.4. The van der Waals surface area contributed by atoms with Gasteiger partial charge in [0.05, 0.1) is 11.1 Å². The summed E-state index contributed by atoms with van der Waals surface area (Å²) in [5, 5.41) is 0.480. The van der Waals surface area contributed by atoms with Gasteiger partial charge in [0.25, 0.3) is 5.91 Å². The molecule has 3 aromatic rings. The lowest BCUT2D eigenvalue weighted by molar-refractivity contribution is 0.0536. The molecule has 0 radical (unpaired) electrons. The van der Waals surface area contributed by atoms with Crippen LogP contribution in [0.25, 0.3) is 11.0 Å². The lowest BCUT2D eigenvalue weighted by Crippen LogP contribution is -2.56. The molecule has 2 aromatic carbocycles. The number of rotatable bonds is 3. The number of fused-ring (bicyclic) bond motifs is 1. The van der Waals surface area contributed by atoms with Gasteiger partial charge in [-0.3, -0.25) is 14.5 Å². The summed E-state index contributed by atoms with van der Waals surface area (Å²) in [4.78, 5) is 31.8. The van der Waals surface area contributed by atoms with Gasteiger partial charge in [-0.25, -0.2) is 4.39 Å². The number of amides is 1. The van der Waals surface area contributed by atoms with Crippen LogP contribution in [0.1, 0.15) is 23.4 Å². The molecule has 3 heterocycles. The minimum atomic E-state index is -0.234. The first-order valence-electron chi connectivity index (χ1n) is 11.2. The Bertz CT molecular complexity index is 1190. The van der Waals surface area contributed by atoms with Gasteiger partial charge in [0.15, 0.2) is 11.2 Å². The molecule has 2 saturated heterocycles. The number of nitrogens with zero attached hydrogens (tertiary/aromatic N) is 3. The molecule has 1 atom stereocenters. The zero-order valence-electron chi connectivity index (χ0n) is 17.9. The van der Waals surface area contributed by atoms with Crippen LogP contribution in [0.15, 0.2) is 63.8 Å². The average molecular weight is 435 g/mol. The van der Waals surface area contributed by atoms with Gasteiger partial charge in [-0.1, -0.05) is 24.3 Å². The molecule has 0 saturated carbocycles. The number of piperidine rings is 1. The van der Waals surface area contributed by atoms with E-state index in [1.807, 2.05) is 12.1 Å². The SMILES string of the molecule is O=C(c1cc(=O)c2ccccc2o1)N1CCCC(N2CCN(c3ccccc3F)CC2)C1. The highest BCUT2D eigenvalue weighted by molar-refractivity contribution is 5.93. The molecule has 166 valence electrons. The van der Waals surface area contributed by atoms with Crippen molar-refractivity contribution in [1.29, 1.82) is 0 Å². The third-order valence-corrected chi connectivity index (χ3v) is 6.55. The minimum absolute atomic E-state index is 0.0960. The highest BCUT2D eigenvalue weighted by Gasteiger charge is 2.31. The number of carbonyl (C=O) groups is 1. The van der Waals surface area contributed by atoms with Crippen LogP contribution in [0.2, 0.25) is 0 Å². The van der Waals surface area contributed by atoms with Gasteiger partial charge in [-0.05, 0) is 37.1 Å². The molecule has 2 fully saturated rings. The Labute approximate surface area is 185 Å². The molecular weight excluding hydrogens is 409 g/mol. The van der Waals surface area contributed by atoms with Crippen LogP contribution in [0.5, 0.6) is 0 Å². The number of piperazine rings is 1. The second kappa shape index (κ2) is 8.74. The summed E-state index contributed by atoms with van der Waals surface area (Å²) < 4.78 is 19.9. The van der Waals surface area contributed by atoms with E-state index < -0.39 is 0 Å². The summed E-state index contributed by atoms with van der Waals surface area (Å²) in [5.41, 5.74) is 0.883. The van der Waals surface area contributed by atoms with Gasteiger partial charge in [-0.2, -0.15) is 0 Å². The third kappa shape index (κ3) is 4.00. The quantitative estimate of drug-likeness (QED) is 0.632. The second-order valence-electron chi connectivity index (χ2n) is 8.49. The third-order valence-electron chi connectivity index (χ3n) is 6.55. The molecule has 0 N–H and O–H groups in total. The predicted octanol–water partition coefficient (Wildman–Crippen LogP) is 3.36. The molecule has 32 heavy (non-hydrogen) atoms. The van der Waals surface area contributed by atoms with Crippen molar-refractivity contribution in [1.82, 2.24) is 9.80 Å². The van der Waals surface area contributed by atoms with Gasteiger partial charge in [0.2, 0.25) is 0 Å². The van der Waals surface area contributed by atoms with E-state index in [0.717, 1.165) is 39.0 Å². The van der Waals surface area contributed by atoms with E-state index in [4.69, 9.17) is 4.42 Å². The maximum absolute atomic E-state index is 14.1. The maximum atomic E-state index is 14.1. The number of likely N-dealkylation sites (tertiary alicyclic amines) is 1. The van der Waals surface area contributed by atoms with Gasteiger partial charge < -0.3 is 14.2 Å². The van der Waals surface area contributed by atoms with Crippen molar-refractivity contribution in [2.24, 2.45) is 0 Å². The van der Waals surface area contributed by atoms with E-state index in [1.165, 1.54) is 12.1 Å². The first-order chi connectivity index (χ1) is 15.6. The molecular formula is C25H26FN3O3. The van der Waals surface area contributed by atoms with Crippen molar-refractivity contribution in [2.75, 3.05) is 44.2 Å². The Balaban J connectivity index is 1.26. The summed E-state index contributed by atoms with van der Waals surface area (Å²) >= 11 is 0. The van der Waals surface area contributed by atoms with Crippen LogP contribution in [0, 0.1) is 5.82 Å². The van der Waals surface area contributed by atoms with Crippen LogP contribution in [0.3, 0.4) is 0 Å². The van der Waals surface area contributed by atoms with E-state index in [-0.39, 0.29) is 29.0 Å². The Hall–Kier alpha value is -3.19. The Kier molecular flexibility index (Phi) is 5.66. The van der Waals surface area contributed by atoms with E-state index in [2.05, 4.69) is 9.80 Å². The lowest BCUT2D eigenvalue weighted by Gasteiger charge is -2.43. The van der Waals surface area contributed by atoms with Crippen molar-refractivity contribution in [3.05, 3.63) is 76.4 Å². The Morgan fingerprint density at radius 3 is 2.53 bits per heavy atom. The van der Waals surface area contributed by atoms with Crippen molar-refractivity contribution in [3.8, 4) is 0 Å². The zero-order chi connectivity index (χ0) is 22.1. The van der Waals surface area contributed by atoms with Crippen molar-refractivity contribution < 1.29 is 13.6 Å². The number of halogens is 1. The van der Waals surface area contributed by atoms with Crippen LogP contribution in [-0.4, -0.2) is 61.0 Å². The van der Waals surface area contributed by atoms with Gasteiger partial charge in [0.1, 0.15) is 11.4 Å². The Morgan fingerprint density at radius 2 is 1.72 bits per heavy atom. The maximum Gasteiger partial charge on any atom is 0.289 e. The molecule has 1 aromatic heterocycles. The fourth-order valence-corrected chi connectivity index (χ4v) is 4.84. The van der Waals surface area contributed by atoms with E-state index in [9.17, 15) is 14.0 Å². The number of benzene rings is 2. The van der Waals surface area contributed by atoms with E-state index in [1.54, 1.807) is 35.2 Å². The molecule has 1 unspecified atom stereocenters.